The zero-order valence-electron chi connectivity index (χ0n) is 11.9. The Morgan fingerprint density at radius 1 is 1.29 bits per heavy atom. The first-order valence-electron chi connectivity index (χ1n) is 7.48. The topological polar surface area (TPSA) is 49.3 Å². The van der Waals surface area contributed by atoms with Crippen LogP contribution in [0, 0.1) is 5.92 Å². The number of carbonyl (C=O) groups excluding carboxylic acids is 1. The van der Waals surface area contributed by atoms with Gasteiger partial charge in [0.2, 0.25) is 0 Å². The molecule has 1 aliphatic carbocycles. The van der Waals surface area contributed by atoms with Crippen LogP contribution in [0.25, 0.3) is 0 Å². The quantitative estimate of drug-likeness (QED) is 0.855. The highest BCUT2D eigenvalue weighted by Gasteiger charge is 2.25. The molecule has 0 radical (unpaired) electrons. The molecule has 21 heavy (non-hydrogen) atoms. The van der Waals surface area contributed by atoms with E-state index in [4.69, 9.17) is 23.2 Å². The van der Waals surface area contributed by atoms with E-state index in [0.717, 1.165) is 12.8 Å². The first kappa shape index (κ1) is 16.6. The molecule has 0 heterocycles. The fourth-order valence-corrected chi connectivity index (χ4v) is 3.52. The molecule has 1 aliphatic rings. The number of aliphatic hydroxyl groups excluding tert-OH is 1. The number of hydrogen-bond donors (Lipinski definition) is 2. The van der Waals surface area contributed by atoms with Gasteiger partial charge in [0.05, 0.1) is 10.6 Å². The number of amides is 1. The summed E-state index contributed by atoms with van der Waals surface area (Å²) in [6.45, 7) is 0.0792. The molecule has 0 aromatic heterocycles. The monoisotopic (exact) mass is 329 g/mol. The highest BCUT2D eigenvalue weighted by atomic mass is 35.5. The summed E-state index contributed by atoms with van der Waals surface area (Å²) in [5, 5.41) is 13.1. The fourth-order valence-electron chi connectivity index (χ4n) is 3.02. The third-order valence-electron chi connectivity index (χ3n) is 4.15. The summed E-state index contributed by atoms with van der Waals surface area (Å²) in [6.07, 6.45) is 6.47. The summed E-state index contributed by atoms with van der Waals surface area (Å²) in [4.78, 5) is 12.4. The van der Waals surface area contributed by atoms with Crippen molar-refractivity contribution in [3.8, 4) is 0 Å². The second kappa shape index (κ2) is 8.02. The molecule has 1 unspecified atom stereocenters. The number of benzene rings is 1. The van der Waals surface area contributed by atoms with E-state index >= 15 is 0 Å². The van der Waals surface area contributed by atoms with Crippen LogP contribution in [0.2, 0.25) is 10.0 Å². The van der Waals surface area contributed by atoms with Gasteiger partial charge in [-0.25, -0.2) is 0 Å². The zero-order chi connectivity index (χ0) is 15.2. The van der Waals surface area contributed by atoms with E-state index in [2.05, 4.69) is 5.32 Å². The van der Waals surface area contributed by atoms with Crippen LogP contribution in [0.5, 0.6) is 0 Å². The Kier molecular flexibility index (Phi) is 6.34. The number of hydrogen-bond acceptors (Lipinski definition) is 2. The Balaban J connectivity index is 2.06. The lowest BCUT2D eigenvalue weighted by atomic mass is 9.82. The molecule has 1 aromatic rings. The smallest absolute Gasteiger partial charge is 0.253 e. The number of aliphatic hydroxyl groups is 1. The van der Waals surface area contributed by atoms with Crippen LogP contribution in [0.3, 0.4) is 0 Å². The minimum atomic E-state index is -0.194. The van der Waals surface area contributed by atoms with Crippen molar-refractivity contribution < 1.29 is 9.90 Å². The molecule has 2 rings (SSSR count). The maximum absolute atomic E-state index is 12.4. The Bertz CT molecular complexity index is 487. The van der Waals surface area contributed by atoms with Gasteiger partial charge in [0.1, 0.15) is 0 Å². The number of halogens is 2. The van der Waals surface area contributed by atoms with Crippen LogP contribution in [0.4, 0.5) is 0 Å². The number of nitrogens with one attached hydrogen (secondary N) is 1. The predicted molar refractivity (Wildman–Crippen MR) is 86.0 cm³/mol. The second-order valence-electron chi connectivity index (χ2n) is 5.61. The van der Waals surface area contributed by atoms with Crippen molar-refractivity contribution >= 4 is 29.1 Å². The van der Waals surface area contributed by atoms with Gasteiger partial charge in [-0.2, -0.15) is 0 Å². The lowest BCUT2D eigenvalue weighted by molar-refractivity contribution is 0.0900. The van der Waals surface area contributed by atoms with Gasteiger partial charge in [-0.1, -0.05) is 42.5 Å². The van der Waals surface area contributed by atoms with Gasteiger partial charge < -0.3 is 10.4 Å². The number of rotatable bonds is 5. The second-order valence-corrected chi connectivity index (χ2v) is 6.46. The predicted octanol–water partition coefficient (Wildman–Crippen LogP) is 4.05. The van der Waals surface area contributed by atoms with Gasteiger partial charge >= 0.3 is 0 Å². The van der Waals surface area contributed by atoms with Gasteiger partial charge in [-0.15, -0.1) is 0 Å². The molecular weight excluding hydrogens is 309 g/mol. The molecule has 0 saturated heterocycles. The van der Waals surface area contributed by atoms with Gasteiger partial charge in [0.15, 0.2) is 0 Å². The molecule has 1 atom stereocenters. The SMILES string of the molecule is O=C(NC(CCO)C1CCCCC1)c1ccc(Cl)cc1Cl. The van der Waals surface area contributed by atoms with E-state index < -0.39 is 0 Å². The van der Waals surface area contributed by atoms with E-state index in [1.54, 1.807) is 18.2 Å². The van der Waals surface area contributed by atoms with Crippen LogP contribution in [0.1, 0.15) is 48.9 Å². The van der Waals surface area contributed by atoms with Crippen LogP contribution < -0.4 is 5.32 Å². The number of carbonyl (C=O) groups is 1. The summed E-state index contributed by atoms with van der Waals surface area (Å²) in [5.41, 5.74) is 0.430. The van der Waals surface area contributed by atoms with E-state index in [1.165, 1.54) is 19.3 Å². The zero-order valence-corrected chi connectivity index (χ0v) is 13.5. The average Bonchev–Trinajstić information content (AvgIpc) is 2.47. The lowest BCUT2D eigenvalue weighted by Gasteiger charge is -2.30. The summed E-state index contributed by atoms with van der Waals surface area (Å²) >= 11 is 11.9. The minimum absolute atomic E-state index is 0.00884. The van der Waals surface area contributed by atoms with Crippen LogP contribution >= 0.6 is 23.2 Å². The van der Waals surface area contributed by atoms with Gasteiger partial charge in [0, 0.05) is 17.7 Å². The van der Waals surface area contributed by atoms with Crippen molar-refractivity contribution in [3.63, 3.8) is 0 Å². The maximum atomic E-state index is 12.4. The standard InChI is InChI=1S/C16H21Cl2NO2/c17-12-6-7-13(14(18)10-12)16(21)19-15(8-9-20)11-4-2-1-3-5-11/h6-7,10-11,15,20H,1-5,8-9H2,(H,19,21). The molecule has 0 spiro atoms. The van der Waals surface area contributed by atoms with Gasteiger partial charge in [-0.3, -0.25) is 4.79 Å². The molecule has 0 bridgehead atoms. The van der Waals surface area contributed by atoms with Gasteiger partial charge in [0.25, 0.3) is 5.91 Å². The van der Waals surface area contributed by atoms with E-state index in [0.29, 0.717) is 27.9 Å². The Labute approximate surface area is 135 Å². The molecule has 1 amide bonds. The fraction of sp³-hybridized carbons (Fsp3) is 0.562. The van der Waals surface area contributed by atoms with Crippen molar-refractivity contribution in [2.24, 2.45) is 5.92 Å². The molecule has 1 fully saturated rings. The minimum Gasteiger partial charge on any atom is -0.396 e. The van der Waals surface area contributed by atoms with Crippen molar-refractivity contribution in [3.05, 3.63) is 33.8 Å². The van der Waals surface area contributed by atoms with Crippen LogP contribution in [-0.2, 0) is 0 Å². The van der Waals surface area contributed by atoms with E-state index in [-0.39, 0.29) is 18.6 Å². The van der Waals surface area contributed by atoms with Gasteiger partial charge in [-0.05, 0) is 43.4 Å². The van der Waals surface area contributed by atoms with Crippen LogP contribution in [-0.4, -0.2) is 23.7 Å². The third-order valence-corrected chi connectivity index (χ3v) is 4.70. The third kappa shape index (κ3) is 4.60. The Hall–Kier alpha value is -0.770. The first-order valence-corrected chi connectivity index (χ1v) is 8.24. The highest BCUT2D eigenvalue weighted by Crippen LogP contribution is 2.28. The van der Waals surface area contributed by atoms with Crippen molar-refractivity contribution in [1.29, 1.82) is 0 Å². The summed E-state index contributed by atoms with van der Waals surface area (Å²) in [6, 6.07) is 4.87. The molecule has 1 aromatic carbocycles. The van der Waals surface area contributed by atoms with E-state index in [1.807, 2.05) is 0 Å². The molecular formula is C16H21Cl2NO2. The van der Waals surface area contributed by atoms with E-state index in [9.17, 15) is 9.90 Å². The Morgan fingerprint density at radius 3 is 2.62 bits per heavy atom. The normalized spacial score (nSPS) is 17.5. The summed E-state index contributed by atoms with van der Waals surface area (Å²) < 4.78 is 0. The summed E-state index contributed by atoms with van der Waals surface area (Å²) in [5.74, 6) is 0.251. The van der Waals surface area contributed by atoms with Crippen molar-refractivity contribution in [2.45, 2.75) is 44.6 Å². The van der Waals surface area contributed by atoms with Crippen molar-refractivity contribution in [2.75, 3.05) is 6.61 Å². The average molecular weight is 330 g/mol. The highest BCUT2D eigenvalue weighted by molar-refractivity contribution is 6.36. The largest absolute Gasteiger partial charge is 0.396 e. The molecule has 3 nitrogen and oxygen atoms in total. The van der Waals surface area contributed by atoms with Crippen LogP contribution in [0.15, 0.2) is 18.2 Å². The molecule has 116 valence electrons. The molecule has 0 aliphatic heterocycles. The lowest BCUT2D eigenvalue weighted by Crippen LogP contribution is -2.41. The maximum Gasteiger partial charge on any atom is 0.253 e. The molecule has 1 saturated carbocycles. The Morgan fingerprint density at radius 2 is 2.00 bits per heavy atom. The molecule has 2 N–H and O–H groups in total. The first-order chi connectivity index (χ1) is 10.1. The molecule has 5 heteroatoms. The van der Waals surface area contributed by atoms with Crippen molar-refractivity contribution in [1.82, 2.24) is 5.32 Å². The summed E-state index contributed by atoms with van der Waals surface area (Å²) in [7, 11) is 0.